The molecule has 2 rings (SSSR count). The Morgan fingerprint density at radius 1 is 1.31 bits per heavy atom. The summed E-state index contributed by atoms with van der Waals surface area (Å²) in [5.41, 5.74) is 7.42. The number of nitrogen functional groups attached to an aromatic ring is 1. The lowest BCUT2D eigenvalue weighted by atomic mass is 10.1. The average molecular weight is 485 g/mol. The highest BCUT2D eigenvalue weighted by Crippen LogP contribution is 2.35. The summed E-state index contributed by atoms with van der Waals surface area (Å²) in [6, 6.07) is 5.42. The quantitative estimate of drug-likeness (QED) is 0.652. The van der Waals surface area contributed by atoms with Crippen molar-refractivity contribution in [2.45, 2.75) is 13.3 Å². The highest BCUT2D eigenvalue weighted by Gasteiger charge is 2.24. The van der Waals surface area contributed by atoms with Crippen LogP contribution in [0.25, 0.3) is 5.69 Å². The van der Waals surface area contributed by atoms with Gasteiger partial charge in [-0.05, 0) is 56.5 Å². The lowest BCUT2D eigenvalue weighted by Crippen LogP contribution is -2.12. The second kappa shape index (κ2) is 8.38. The average Bonchev–Trinajstić information content (AvgIpc) is 2.90. The molecule has 9 heteroatoms. The van der Waals surface area contributed by atoms with Gasteiger partial charge in [0.25, 0.3) is 0 Å². The molecule has 0 bridgehead atoms. The fourth-order valence-corrected chi connectivity index (χ4v) is 4.08. The van der Waals surface area contributed by atoms with Gasteiger partial charge in [-0.3, -0.25) is 4.79 Å². The van der Waals surface area contributed by atoms with Crippen LogP contribution in [0.5, 0.6) is 0 Å². The van der Waals surface area contributed by atoms with Gasteiger partial charge in [-0.2, -0.15) is 5.26 Å². The highest BCUT2D eigenvalue weighted by atomic mass is 79.9. The first-order valence-electron chi connectivity index (χ1n) is 7.47. The van der Waals surface area contributed by atoms with Gasteiger partial charge < -0.3 is 19.8 Å². The molecule has 0 saturated heterocycles. The van der Waals surface area contributed by atoms with Crippen LogP contribution >= 0.6 is 31.9 Å². The number of halogens is 2. The molecule has 0 fully saturated rings. The molecule has 0 atom stereocenters. The Balaban J connectivity index is 2.58. The van der Waals surface area contributed by atoms with E-state index in [1.807, 2.05) is 6.07 Å². The van der Waals surface area contributed by atoms with E-state index in [2.05, 4.69) is 31.9 Å². The molecule has 0 unspecified atom stereocenters. The minimum atomic E-state index is -0.668. The van der Waals surface area contributed by atoms with Crippen LogP contribution in [0.1, 0.15) is 28.5 Å². The number of anilines is 1. The molecule has 0 saturated carbocycles. The third-order valence-corrected chi connectivity index (χ3v) is 4.72. The van der Waals surface area contributed by atoms with Gasteiger partial charge in [0.05, 0.1) is 37.1 Å². The molecular formula is C17H15Br2N3O4. The van der Waals surface area contributed by atoms with Crippen LogP contribution in [0.3, 0.4) is 0 Å². The molecule has 1 aromatic heterocycles. The summed E-state index contributed by atoms with van der Waals surface area (Å²) in [5.74, 6) is -1.01. The topological polar surface area (TPSA) is 107 Å². The van der Waals surface area contributed by atoms with Crippen molar-refractivity contribution >= 4 is 49.5 Å². The fourth-order valence-electron chi connectivity index (χ4n) is 2.42. The Kier molecular flexibility index (Phi) is 6.45. The summed E-state index contributed by atoms with van der Waals surface area (Å²) in [7, 11) is 1.23. The Morgan fingerprint density at radius 2 is 1.92 bits per heavy atom. The molecule has 0 aliphatic carbocycles. The lowest BCUT2D eigenvalue weighted by molar-refractivity contribution is -0.142. The number of carbonyl (C=O) groups is 2. The number of rotatable bonds is 5. The first kappa shape index (κ1) is 20.0. The minimum Gasteiger partial charge on any atom is -0.466 e. The van der Waals surface area contributed by atoms with Crippen molar-refractivity contribution in [2.24, 2.45) is 0 Å². The maximum Gasteiger partial charge on any atom is 0.357 e. The maximum absolute atomic E-state index is 12.1. The number of carbonyl (C=O) groups excluding carboxylic acids is 2. The van der Waals surface area contributed by atoms with Crippen molar-refractivity contribution < 1.29 is 19.1 Å². The monoisotopic (exact) mass is 483 g/mol. The van der Waals surface area contributed by atoms with Gasteiger partial charge in [0, 0.05) is 15.1 Å². The van der Waals surface area contributed by atoms with Crippen molar-refractivity contribution in [3.05, 3.63) is 44.1 Å². The standard InChI is InChI=1S/C17H15Br2N3O4/c1-3-26-13(23)6-9-4-11(18)15(12(19)5-9)22-8-10(7-20)14(21)16(22)17(24)25-2/h4-5,8H,3,6,21H2,1-2H3. The highest BCUT2D eigenvalue weighted by molar-refractivity contribution is 9.11. The zero-order valence-corrected chi connectivity index (χ0v) is 17.2. The van der Waals surface area contributed by atoms with Crippen LogP contribution < -0.4 is 5.73 Å². The summed E-state index contributed by atoms with van der Waals surface area (Å²) >= 11 is 6.89. The Hall–Kier alpha value is -2.31. The number of hydrogen-bond donors (Lipinski definition) is 1. The van der Waals surface area contributed by atoms with E-state index < -0.39 is 5.97 Å². The van der Waals surface area contributed by atoms with E-state index in [0.29, 0.717) is 26.8 Å². The lowest BCUT2D eigenvalue weighted by Gasteiger charge is -2.14. The number of benzene rings is 1. The molecule has 0 aliphatic heterocycles. The first-order valence-corrected chi connectivity index (χ1v) is 9.05. The molecule has 136 valence electrons. The summed E-state index contributed by atoms with van der Waals surface area (Å²) in [4.78, 5) is 23.8. The van der Waals surface area contributed by atoms with Crippen LogP contribution in [0.15, 0.2) is 27.3 Å². The zero-order chi connectivity index (χ0) is 19.4. The number of nitrogens with zero attached hydrogens (tertiary/aromatic N) is 2. The largest absolute Gasteiger partial charge is 0.466 e. The summed E-state index contributed by atoms with van der Waals surface area (Å²) < 4.78 is 12.4. The number of hydrogen-bond acceptors (Lipinski definition) is 6. The van der Waals surface area contributed by atoms with Crippen LogP contribution in [0, 0.1) is 11.3 Å². The molecule has 0 amide bonds. The van der Waals surface area contributed by atoms with Crippen LogP contribution in [-0.4, -0.2) is 30.2 Å². The summed E-state index contributed by atoms with van der Waals surface area (Å²) in [6.07, 6.45) is 1.56. The van der Waals surface area contributed by atoms with Crippen LogP contribution in [0.4, 0.5) is 5.69 Å². The second-order valence-corrected chi connectivity index (χ2v) is 6.88. The van der Waals surface area contributed by atoms with E-state index in [9.17, 15) is 14.9 Å². The molecule has 2 N–H and O–H groups in total. The van der Waals surface area contributed by atoms with Gasteiger partial charge >= 0.3 is 11.9 Å². The van der Waals surface area contributed by atoms with E-state index in [1.165, 1.54) is 17.9 Å². The van der Waals surface area contributed by atoms with Crippen molar-refractivity contribution in [3.63, 3.8) is 0 Å². The SMILES string of the molecule is CCOC(=O)Cc1cc(Br)c(-n2cc(C#N)c(N)c2C(=O)OC)c(Br)c1. The smallest absolute Gasteiger partial charge is 0.357 e. The summed E-state index contributed by atoms with van der Waals surface area (Å²) in [6.45, 7) is 2.05. The first-order chi connectivity index (χ1) is 12.3. The number of ether oxygens (including phenoxy) is 2. The number of esters is 2. The molecular weight excluding hydrogens is 470 g/mol. The van der Waals surface area contributed by atoms with Crippen molar-refractivity contribution in [2.75, 3.05) is 19.5 Å². The number of aromatic nitrogens is 1. The Labute approximate surface area is 166 Å². The van der Waals surface area contributed by atoms with E-state index in [1.54, 1.807) is 19.1 Å². The molecule has 0 spiro atoms. The van der Waals surface area contributed by atoms with Crippen LogP contribution in [0.2, 0.25) is 0 Å². The third-order valence-electron chi connectivity index (χ3n) is 3.51. The minimum absolute atomic E-state index is 0.0359. The molecule has 0 radical (unpaired) electrons. The van der Waals surface area contributed by atoms with Gasteiger partial charge in [-0.1, -0.05) is 0 Å². The Morgan fingerprint density at radius 3 is 2.42 bits per heavy atom. The number of nitrogens with two attached hydrogens (primary N) is 1. The van der Waals surface area contributed by atoms with Crippen molar-refractivity contribution in [3.8, 4) is 11.8 Å². The molecule has 1 heterocycles. The van der Waals surface area contributed by atoms with Gasteiger partial charge in [0.2, 0.25) is 0 Å². The van der Waals surface area contributed by atoms with Crippen molar-refractivity contribution in [1.29, 1.82) is 5.26 Å². The van der Waals surface area contributed by atoms with E-state index in [4.69, 9.17) is 15.2 Å². The zero-order valence-electron chi connectivity index (χ0n) is 14.0. The second-order valence-electron chi connectivity index (χ2n) is 5.17. The maximum atomic E-state index is 12.1. The predicted octanol–water partition coefficient (Wildman–Crippen LogP) is 3.35. The predicted molar refractivity (Wildman–Crippen MR) is 102 cm³/mol. The van der Waals surface area contributed by atoms with Gasteiger partial charge in [0.15, 0.2) is 5.69 Å². The van der Waals surface area contributed by atoms with E-state index in [-0.39, 0.29) is 29.3 Å². The third kappa shape index (κ3) is 3.92. The van der Waals surface area contributed by atoms with E-state index in [0.717, 1.165) is 0 Å². The molecule has 0 aliphatic rings. The van der Waals surface area contributed by atoms with Gasteiger partial charge in [0.1, 0.15) is 6.07 Å². The van der Waals surface area contributed by atoms with Crippen molar-refractivity contribution in [1.82, 2.24) is 4.57 Å². The van der Waals surface area contributed by atoms with Gasteiger partial charge in [-0.25, -0.2) is 4.79 Å². The molecule has 26 heavy (non-hydrogen) atoms. The van der Waals surface area contributed by atoms with Gasteiger partial charge in [-0.15, -0.1) is 0 Å². The molecule has 2 aromatic rings. The number of methoxy groups -OCH3 is 1. The molecule has 7 nitrogen and oxygen atoms in total. The van der Waals surface area contributed by atoms with Crippen LogP contribution in [-0.2, 0) is 20.7 Å². The fraction of sp³-hybridized carbons (Fsp3) is 0.235. The summed E-state index contributed by atoms with van der Waals surface area (Å²) in [5, 5.41) is 9.22. The Bertz CT molecular complexity index is 892. The number of nitriles is 1. The van der Waals surface area contributed by atoms with E-state index >= 15 is 0 Å². The normalized spacial score (nSPS) is 10.3. The molecule has 1 aromatic carbocycles.